The van der Waals surface area contributed by atoms with Crippen LogP contribution >= 0.6 is 0 Å². The van der Waals surface area contributed by atoms with Crippen LogP contribution in [0.2, 0.25) is 0 Å². The van der Waals surface area contributed by atoms with Crippen molar-refractivity contribution in [3.05, 3.63) is 34.9 Å². The molecule has 0 aromatic heterocycles. The first-order valence-electron chi connectivity index (χ1n) is 6.02. The quantitative estimate of drug-likeness (QED) is 0.772. The number of nitrogens with zero attached hydrogens (tertiary/aromatic N) is 1. The summed E-state index contributed by atoms with van der Waals surface area (Å²) in [6.45, 7) is 4.07. The molecule has 1 aliphatic heterocycles. The molecule has 0 radical (unpaired) electrons. The van der Waals surface area contributed by atoms with Crippen molar-refractivity contribution >= 4 is 0 Å². The van der Waals surface area contributed by atoms with E-state index in [-0.39, 0.29) is 0 Å². The Labute approximate surface area is 98.2 Å². The van der Waals surface area contributed by atoms with E-state index >= 15 is 0 Å². The maximum absolute atomic E-state index is 5.84. The Morgan fingerprint density at radius 1 is 1.38 bits per heavy atom. The highest BCUT2D eigenvalue weighted by Crippen LogP contribution is 2.34. The van der Waals surface area contributed by atoms with Gasteiger partial charge in [0.05, 0.1) is 12.7 Å². The van der Waals surface area contributed by atoms with E-state index in [0.717, 1.165) is 19.6 Å². The fraction of sp³-hybridized carbons (Fsp3) is 0.571. The maximum Gasteiger partial charge on any atom is 0.0833 e. The molecule has 16 heavy (non-hydrogen) atoms. The van der Waals surface area contributed by atoms with E-state index in [1.807, 2.05) is 0 Å². The second-order valence-electron chi connectivity index (χ2n) is 4.95. The van der Waals surface area contributed by atoms with Crippen molar-refractivity contribution in [1.82, 2.24) is 4.90 Å². The highest BCUT2D eigenvalue weighted by molar-refractivity contribution is 5.35. The maximum atomic E-state index is 5.84. The van der Waals surface area contributed by atoms with Crippen molar-refractivity contribution in [3.63, 3.8) is 0 Å². The highest BCUT2D eigenvalue weighted by Gasteiger charge is 2.22. The number of rotatable bonds is 4. The average molecular weight is 219 g/mol. The van der Waals surface area contributed by atoms with Gasteiger partial charge in [-0.25, -0.2) is 0 Å². The van der Waals surface area contributed by atoms with Crippen molar-refractivity contribution in [3.8, 4) is 0 Å². The van der Waals surface area contributed by atoms with Crippen LogP contribution in [0.4, 0.5) is 0 Å². The molecule has 1 aromatic carbocycles. The third-order valence-corrected chi connectivity index (χ3v) is 3.16. The van der Waals surface area contributed by atoms with Gasteiger partial charge in [0.25, 0.3) is 0 Å². The van der Waals surface area contributed by atoms with Crippen LogP contribution in [-0.2, 0) is 11.3 Å². The van der Waals surface area contributed by atoms with E-state index in [0.29, 0.717) is 6.10 Å². The van der Waals surface area contributed by atoms with E-state index in [2.05, 4.69) is 44.1 Å². The van der Waals surface area contributed by atoms with Crippen molar-refractivity contribution in [2.75, 3.05) is 20.6 Å². The predicted molar refractivity (Wildman–Crippen MR) is 66.5 cm³/mol. The molecule has 1 heterocycles. The molecular weight excluding hydrogens is 198 g/mol. The Morgan fingerprint density at radius 2 is 2.19 bits per heavy atom. The molecule has 0 fully saturated rings. The van der Waals surface area contributed by atoms with Crippen LogP contribution in [-0.4, -0.2) is 25.5 Å². The molecule has 0 aliphatic carbocycles. The molecule has 0 bridgehead atoms. The topological polar surface area (TPSA) is 12.5 Å². The van der Waals surface area contributed by atoms with Crippen molar-refractivity contribution < 1.29 is 4.74 Å². The fourth-order valence-electron chi connectivity index (χ4n) is 2.29. The molecule has 1 aromatic rings. The summed E-state index contributed by atoms with van der Waals surface area (Å²) < 4.78 is 5.84. The first kappa shape index (κ1) is 11.6. The van der Waals surface area contributed by atoms with Crippen LogP contribution < -0.4 is 0 Å². The van der Waals surface area contributed by atoms with Gasteiger partial charge in [-0.05, 0) is 51.5 Å². The van der Waals surface area contributed by atoms with Gasteiger partial charge in [-0.3, -0.25) is 0 Å². The number of hydrogen-bond acceptors (Lipinski definition) is 2. The van der Waals surface area contributed by atoms with Gasteiger partial charge in [0, 0.05) is 0 Å². The first-order valence-corrected chi connectivity index (χ1v) is 6.02. The smallest absolute Gasteiger partial charge is 0.0833 e. The Bertz CT molecular complexity index is 360. The minimum Gasteiger partial charge on any atom is -0.369 e. The third-order valence-electron chi connectivity index (χ3n) is 3.16. The highest BCUT2D eigenvalue weighted by atomic mass is 16.5. The molecule has 88 valence electrons. The molecule has 0 saturated carbocycles. The van der Waals surface area contributed by atoms with Crippen molar-refractivity contribution in [2.24, 2.45) is 0 Å². The molecule has 0 saturated heterocycles. The largest absolute Gasteiger partial charge is 0.369 e. The zero-order valence-electron chi connectivity index (χ0n) is 10.5. The number of aryl methyl sites for hydroxylation is 1. The third kappa shape index (κ3) is 2.63. The summed E-state index contributed by atoms with van der Waals surface area (Å²) in [4.78, 5) is 2.23. The minimum absolute atomic E-state index is 0.329. The molecule has 1 unspecified atom stereocenters. The Morgan fingerprint density at radius 3 is 2.94 bits per heavy atom. The second-order valence-corrected chi connectivity index (χ2v) is 4.95. The van der Waals surface area contributed by atoms with E-state index in [9.17, 15) is 0 Å². The van der Waals surface area contributed by atoms with Crippen LogP contribution in [0.3, 0.4) is 0 Å². The van der Waals surface area contributed by atoms with Gasteiger partial charge in [-0.15, -0.1) is 0 Å². The number of hydrogen-bond donors (Lipinski definition) is 0. The molecule has 2 heteroatoms. The summed E-state index contributed by atoms with van der Waals surface area (Å²) >= 11 is 0. The van der Waals surface area contributed by atoms with Gasteiger partial charge in [-0.1, -0.05) is 23.8 Å². The fourth-order valence-corrected chi connectivity index (χ4v) is 2.29. The van der Waals surface area contributed by atoms with E-state index in [1.54, 1.807) is 0 Å². The van der Waals surface area contributed by atoms with E-state index < -0.39 is 0 Å². The predicted octanol–water partition coefficient (Wildman–Crippen LogP) is 2.91. The minimum atomic E-state index is 0.329. The summed E-state index contributed by atoms with van der Waals surface area (Å²) in [6.07, 6.45) is 2.66. The summed E-state index contributed by atoms with van der Waals surface area (Å²) in [5, 5.41) is 0. The summed E-state index contributed by atoms with van der Waals surface area (Å²) in [7, 11) is 4.24. The average Bonchev–Trinajstić information content (AvgIpc) is 2.60. The Kier molecular flexibility index (Phi) is 3.62. The van der Waals surface area contributed by atoms with Crippen LogP contribution in [0.5, 0.6) is 0 Å². The molecule has 1 atom stereocenters. The standard InChI is InChI=1S/C14H21NO/c1-11-6-7-13-12(9-11)10-16-14(13)5-4-8-15(2)3/h6-7,9,14H,4-5,8,10H2,1-3H3. The van der Waals surface area contributed by atoms with Crippen molar-refractivity contribution in [2.45, 2.75) is 32.5 Å². The lowest BCUT2D eigenvalue weighted by molar-refractivity contribution is 0.0573. The van der Waals surface area contributed by atoms with Crippen LogP contribution in [0, 0.1) is 6.92 Å². The second kappa shape index (κ2) is 4.98. The molecule has 0 N–H and O–H groups in total. The monoisotopic (exact) mass is 219 g/mol. The molecule has 0 amide bonds. The molecule has 2 rings (SSSR count). The zero-order valence-corrected chi connectivity index (χ0v) is 10.5. The number of benzene rings is 1. The summed E-state index contributed by atoms with van der Waals surface area (Å²) in [5.74, 6) is 0. The van der Waals surface area contributed by atoms with Gasteiger partial charge in [-0.2, -0.15) is 0 Å². The number of fused-ring (bicyclic) bond motifs is 1. The van der Waals surface area contributed by atoms with Gasteiger partial charge in [0.15, 0.2) is 0 Å². The van der Waals surface area contributed by atoms with Crippen LogP contribution in [0.1, 0.15) is 35.6 Å². The van der Waals surface area contributed by atoms with E-state index in [4.69, 9.17) is 4.74 Å². The van der Waals surface area contributed by atoms with Gasteiger partial charge in [0.2, 0.25) is 0 Å². The van der Waals surface area contributed by atoms with Crippen LogP contribution in [0.15, 0.2) is 18.2 Å². The summed E-state index contributed by atoms with van der Waals surface area (Å²) in [5.41, 5.74) is 4.12. The first-order chi connectivity index (χ1) is 7.66. The Balaban J connectivity index is 1.95. The lowest BCUT2D eigenvalue weighted by Crippen LogP contribution is -2.13. The molecule has 0 spiro atoms. The Hall–Kier alpha value is -0.860. The van der Waals surface area contributed by atoms with Crippen LogP contribution in [0.25, 0.3) is 0 Å². The SMILES string of the molecule is Cc1ccc2c(c1)COC2CCCN(C)C. The lowest BCUT2D eigenvalue weighted by atomic mass is 10.00. The molecule has 1 aliphatic rings. The van der Waals surface area contributed by atoms with Gasteiger partial charge >= 0.3 is 0 Å². The molecular formula is C14H21NO. The van der Waals surface area contributed by atoms with Crippen molar-refractivity contribution in [1.29, 1.82) is 0 Å². The number of ether oxygens (including phenoxy) is 1. The lowest BCUT2D eigenvalue weighted by Gasteiger charge is -2.13. The van der Waals surface area contributed by atoms with Gasteiger partial charge < -0.3 is 9.64 Å². The zero-order chi connectivity index (χ0) is 11.5. The normalized spacial score (nSPS) is 19.1. The van der Waals surface area contributed by atoms with Gasteiger partial charge in [0.1, 0.15) is 0 Å². The molecule has 2 nitrogen and oxygen atoms in total. The summed E-state index contributed by atoms with van der Waals surface area (Å²) in [6, 6.07) is 6.67. The van der Waals surface area contributed by atoms with E-state index in [1.165, 1.54) is 23.1 Å².